The van der Waals surface area contributed by atoms with Crippen molar-refractivity contribution >= 4 is 5.69 Å². The smallest absolute Gasteiger partial charge is 0.123 e. The number of likely N-dealkylation sites (tertiary alicyclic amines) is 1. The second-order valence-corrected chi connectivity index (χ2v) is 7.26. The first kappa shape index (κ1) is 17.9. The minimum atomic E-state index is -0.141. The van der Waals surface area contributed by atoms with E-state index in [4.69, 9.17) is 0 Å². The van der Waals surface area contributed by atoms with Crippen LogP contribution in [0.15, 0.2) is 48.5 Å². The lowest BCUT2D eigenvalue weighted by atomic mass is 9.90. The Labute approximate surface area is 151 Å². The first-order valence-corrected chi connectivity index (χ1v) is 9.46. The van der Waals surface area contributed by atoms with Crippen LogP contribution in [-0.2, 0) is 6.42 Å². The number of piperidine rings is 1. The second kappa shape index (κ2) is 9.00. The molecule has 0 aliphatic carbocycles. The molecule has 0 spiro atoms. The van der Waals surface area contributed by atoms with E-state index in [2.05, 4.69) is 41.4 Å². The van der Waals surface area contributed by atoms with Crippen LogP contribution in [0.3, 0.4) is 0 Å². The Morgan fingerprint density at radius 2 is 1.68 bits per heavy atom. The molecular weight excluding hydrogens is 311 g/mol. The molecule has 0 saturated carbocycles. The zero-order valence-corrected chi connectivity index (χ0v) is 15.2. The molecular formula is C22H29FN2. The van der Waals surface area contributed by atoms with Gasteiger partial charge in [-0.1, -0.05) is 29.8 Å². The lowest BCUT2D eigenvalue weighted by Crippen LogP contribution is -2.35. The van der Waals surface area contributed by atoms with E-state index in [1.165, 1.54) is 55.7 Å². The van der Waals surface area contributed by atoms with Gasteiger partial charge < -0.3 is 10.2 Å². The van der Waals surface area contributed by atoms with Crippen LogP contribution in [-0.4, -0.2) is 31.1 Å². The minimum absolute atomic E-state index is 0.141. The topological polar surface area (TPSA) is 15.3 Å². The van der Waals surface area contributed by atoms with Crippen LogP contribution in [0.5, 0.6) is 0 Å². The van der Waals surface area contributed by atoms with Gasteiger partial charge in [-0.2, -0.15) is 0 Å². The maximum atomic E-state index is 13.0. The van der Waals surface area contributed by atoms with Crippen molar-refractivity contribution in [2.75, 3.05) is 31.5 Å². The highest BCUT2D eigenvalue weighted by molar-refractivity contribution is 5.44. The van der Waals surface area contributed by atoms with E-state index in [0.29, 0.717) is 0 Å². The molecule has 2 nitrogen and oxygen atoms in total. The molecule has 0 atom stereocenters. The van der Waals surface area contributed by atoms with E-state index >= 15 is 0 Å². The summed E-state index contributed by atoms with van der Waals surface area (Å²) in [5, 5.41) is 3.50. The Morgan fingerprint density at radius 1 is 1.00 bits per heavy atom. The predicted octanol–water partition coefficient (Wildman–Crippen LogP) is 4.89. The predicted molar refractivity (Wildman–Crippen MR) is 104 cm³/mol. The van der Waals surface area contributed by atoms with E-state index in [-0.39, 0.29) is 5.82 Å². The molecule has 1 N–H and O–H groups in total. The summed E-state index contributed by atoms with van der Waals surface area (Å²) in [6, 6.07) is 15.6. The van der Waals surface area contributed by atoms with E-state index in [1.54, 1.807) is 12.1 Å². The monoisotopic (exact) mass is 340 g/mol. The first-order chi connectivity index (χ1) is 12.2. The molecule has 25 heavy (non-hydrogen) atoms. The van der Waals surface area contributed by atoms with E-state index in [0.717, 1.165) is 18.9 Å². The largest absolute Gasteiger partial charge is 0.385 e. The van der Waals surface area contributed by atoms with Gasteiger partial charge in [0, 0.05) is 12.2 Å². The summed E-state index contributed by atoms with van der Waals surface area (Å²) in [5.74, 6) is 0.602. The summed E-state index contributed by atoms with van der Waals surface area (Å²) in [4.78, 5) is 2.58. The number of hydrogen-bond acceptors (Lipinski definition) is 2. The Kier molecular flexibility index (Phi) is 6.46. The summed E-state index contributed by atoms with van der Waals surface area (Å²) in [6.07, 6.45) is 4.77. The van der Waals surface area contributed by atoms with Crippen molar-refractivity contribution < 1.29 is 4.39 Å². The van der Waals surface area contributed by atoms with Crippen LogP contribution >= 0.6 is 0 Å². The third-order valence-corrected chi connectivity index (χ3v) is 5.18. The maximum absolute atomic E-state index is 13.0. The number of nitrogens with one attached hydrogen (secondary N) is 1. The van der Waals surface area contributed by atoms with Gasteiger partial charge in [0.25, 0.3) is 0 Å². The molecule has 1 saturated heterocycles. The number of rotatable bonds is 7. The van der Waals surface area contributed by atoms with Crippen LogP contribution < -0.4 is 5.32 Å². The van der Waals surface area contributed by atoms with Crippen LogP contribution in [0.4, 0.5) is 10.1 Å². The summed E-state index contributed by atoms with van der Waals surface area (Å²) in [5.41, 5.74) is 3.78. The lowest BCUT2D eigenvalue weighted by molar-refractivity contribution is 0.183. The van der Waals surface area contributed by atoms with E-state index < -0.39 is 0 Å². The standard InChI is InChI=1S/C22H29FN2/c1-18-3-9-22(10-4-18)24-13-2-14-25-15-11-20(12-16-25)17-19-5-7-21(23)8-6-19/h3-10,20,24H,2,11-17H2,1H3. The summed E-state index contributed by atoms with van der Waals surface area (Å²) in [7, 11) is 0. The molecule has 1 aliphatic rings. The molecule has 134 valence electrons. The average Bonchev–Trinajstić information content (AvgIpc) is 2.63. The molecule has 0 bridgehead atoms. The number of halogens is 1. The number of nitrogens with zero attached hydrogens (tertiary/aromatic N) is 1. The third-order valence-electron chi connectivity index (χ3n) is 5.18. The van der Waals surface area contributed by atoms with Crippen molar-refractivity contribution in [1.82, 2.24) is 4.90 Å². The molecule has 0 unspecified atom stereocenters. The summed E-state index contributed by atoms with van der Waals surface area (Å²) >= 11 is 0. The van der Waals surface area contributed by atoms with Gasteiger partial charge in [-0.3, -0.25) is 0 Å². The highest BCUT2D eigenvalue weighted by Crippen LogP contribution is 2.22. The second-order valence-electron chi connectivity index (χ2n) is 7.26. The molecule has 3 rings (SSSR count). The Morgan fingerprint density at radius 3 is 2.36 bits per heavy atom. The Bertz CT molecular complexity index is 625. The molecule has 0 aromatic heterocycles. The van der Waals surface area contributed by atoms with Gasteiger partial charge in [0.15, 0.2) is 0 Å². The molecule has 2 aromatic carbocycles. The fourth-order valence-corrected chi connectivity index (χ4v) is 3.57. The van der Waals surface area contributed by atoms with Gasteiger partial charge in [0.1, 0.15) is 5.82 Å². The zero-order chi connectivity index (χ0) is 17.5. The highest BCUT2D eigenvalue weighted by Gasteiger charge is 2.19. The Hall–Kier alpha value is -1.87. The minimum Gasteiger partial charge on any atom is -0.385 e. The first-order valence-electron chi connectivity index (χ1n) is 9.46. The lowest BCUT2D eigenvalue weighted by Gasteiger charge is -2.32. The fourth-order valence-electron chi connectivity index (χ4n) is 3.57. The molecule has 1 heterocycles. The number of hydrogen-bond donors (Lipinski definition) is 1. The normalized spacial score (nSPS) is 16.1. The molecule has 2 aromatic rings. The van der Waals surface area contributed by atoms with Gasteiger partial charge in [0.2, 0.25) is 0 Å². The van der Waals surface area contributed by atoms with Crippen molar-refractivity contribution in [3.8, 4) is 0 Å². The third kappa shape index (κ3) is 5.86. The SMILES string of the molecule is Cc1ccc(NCCCN2CCC(Cc3ccc(F)cc3)CC2)cc1. The van der Waals surface area contributed by atoms with E-state index in [1.807, 2.05) is 12.1 Å². The van der Waals surface area contributed by atoms with Gasteiger partial charge in [-0.15, -0.1) is 0 Å². The van der Waals surface area contributed by atoms with Crippen LogP contribution in [0.25, 0.3) is 0 Å². The van der Waals surface area contributed by atoms with Crippen LogP contribution in [0.2, 0.25) is 0 Å². The number of aryl methyl sites for hydroxylation is 1. The van der Waals surface area contributed by atoms with Crippen molar-refractivity contribution in [2.45, 2.75) is 32.6 Å². The summed E-state index contributed by atoms with van der Waals surface area (Å²) < 4.78 is 13.0. The Balaban J connectivity index is 1.31. The van der Waals surface area contributed by atoms with Gasteiger partial charge in [-0.25, -0.2) is 4.39 Å². The zero-order valence-electron chi connectivity index (χ0n) is 15.2. The van der Waals surface area contributed by atoms with Gasteiger partial charge >= 0.3 is 0 Å². The van der Waals surface area contributed by atoms with Crippen molar-refractivity contribution in [3.63, 3.8) is 0 Å². The van der Waals surface area contributed by atoms with E-state index in [9.17, 15) is 4.39 Å². The molecule has 1 aliphatic heterocycles. The fraction of sp³-hybridized carbons (Fsp3) is 0.455. The van der Waals surface area contributed by atoms with Crippen molar-refractivity contribution in [2.24, 2.45) is 5.92 Å². The molecule has 3 heteroatoms. The van der Waals surface area contributed by atoms with Gasteiger partial charge in [-0.05, 0) is 88.0 Å². The summed E-state index contributed by atoms with van der Waals surface area (Å²) in [6.45, 7) is 6.69. The van der Waals surface area contributed by atoms with Gasteiger partial charge in [0.05, 0.1) is 0 Å². The number of benzene rings is 2. The average molecular weight is 340 g/mol. The van der Waals surface area contributed by atoms with Crippen LogP contribution in [0, 0.1) is 18.7 Å². The highest BCUT2D eigenvalue weighted by atomic mass is 19.1. The van der Waals surface area contributed by atoms with Crippen molar-refractivity contribution in [1.29, 1.82) is 0 Å². The molecule has 1 fully saturated rings. The van der Waals surface area contributed by atoms with Crippen molar-refractivity contribution in [3.05, 3.63) is 65.5 Å². The maximum Gasteiger partial charge on any atom is 0.123 e. The number of anilines is 1. The molecule has 0 amide bonds. The quantitative estimate of drug-likeness (QED) is 0.722. The van der Waals surface area contributed by atoms with Crippen LogP contribution in [0.1, 0.15) is 30.4 Å². The molecule has 0 radical (unpaired) electrons.